The summed E-state index contributed by atoms with van der Waals surface area (Å²) >= 11 is 0. The van der Waals surface area contributed by atoms with E-state index < -0.39 is 0 Å². The number of hydrogen-bond donors (Lipinski definition) is 0. The molecule has 1 radical (unpaired) electrons. The average molecular weight is 141 g/mol. The highest BCUT2D eigenvalue weighted by atomic mass is 16.5. The Morgan fingerprint density at radius 1 is 1.60 bits per heavy atom. The fourth-order valence-electron chi connectivity index (χ4n) is 1.12. The minimum absolute atomic E-state index is 0.121. The molecule has 0 aromatic carbocycles. The molecule has 0 spiro atoms. The molecule has 2 nitrogen and oxygen atoms in total. The van der Waals surface area contributed by atoms with Crippen LogP contribution in [0.5, 0.6) is 0 Å². The van der Waals surface area contributed by atoms with Gasteiger partial charge in [0, 0.05) is 0 Å². The third kappa shape index (κ3) is 2.50. The second kappa shape index (κ2) is 4.47. The molecule has 0 bridgehead atoms. The fourth-order valence-corrected chi connectivity index (χ4v) is 1.12. The van der Waals surface area contributed by atoms with Crippen LogP contribution in [0.1, 0.15) is 19.3 Å². The van der Waals surface area contributed by atoms with Crippen LogP contribution in [0, 0.1) is 0 Å². The summed E-state index contributed by atoms with van der Waals surface area (Å²) in [6.45, 7) is 0.235. The minimum Gasteiger partial charge on any atom is -0.372 e. The van der Waals surface area contributed by atoms with Crippen molar-refractivity contribution in [1.82, 2.24) is 0 Å². The lowest BCUT2D eigenvalue weighted by atomic mass is 10.1. The predicted molar refractivity (Wildman–Crippen MR) is 38.3 cm³/mol. The average Bonchev–Trinajstić information content (AvgIpc) is 2.03. The first kappa shape index (κ1) is 7.76. The van der Waals surface area contributed by atoms with Crippen molar-refractivity contribution in [3.05, 3.63) is 12.2 Å². The Kier molecular flexibility index (Phi) is 3.47. The standard InChI is InChI=1S/C8H13O2/c9-6-7-10-8-4-2-1-3-5-8/h2,4,8H,1,3,5-7H2. The van der Waals surface area contributed by atoms with Gasteiger partial charge in [0.2, 0.25) is 0 Å². The Labute approximate surface area is 61.5 Å². The van der Waals surface area contributed by atoms with Crippen molar-refractivity contribution >= 4 is 0 Å². The van der Waals surface area contributed by atoms with Gasteiger partial charge in [-0.25, -0.2) is 5.11 Å². The second-order valence-electron chi connectivity index (χ2n) is 2.47. The zero-order valence-electron chi connectivity index (χ0n) is 6.08. The van der Waals surface area contributed by atoms with Gasteiger partial charge in [-0.2, -0.15) is 0 Å². The first-order valence-electron chi connectivity index (χ1n) is 3.80. The Morgan fingerprint density at radius 3 is 3.10 bits per heavy atom. The smallest absolute Gasteiger partial charge is 0.106 e. The lowest BCUT2D eigenvalue weighted by Gasteiger charge is -2.15. The van der Waals surface area contributed by atoms with E-state index in [-0.39, 0.29) is 12.7 Å². The van der Waals surface area contributed by atoms with Gasteiger partial charge >= 0.3 is 0 Å². The Morgan fingerprint density at radius 2 is 2.50 bits per heavy atom. The lowest BCUT2D eigenvalue weighted by Crippen LogP contribution is -2.14. The van der Waals surface area contributed by atoms with Gasteiger partial charge in [0.15, 0.2) is 0 Å². The molecule has 0 heterocycles. The van der Waals surface area contributed by atoms with E-state index in [1.54, 1.807) is 0 Å². The molecule has 57 valence electrons. The maximum Gasteiger partial charge on any atom is 0.106 e. The largest absolute Gasteiger partial charge is 0.372 e. The van der Waals surface area contributed by atoms with Crippen molar-refractivity contribution in [2.75, 3.05) is 13.2 Å². The second-order valence-corrected chi connectivity index (χ2v) is 2.47. The molecule has 0 fully saturated rings. The Balaban J connectivity index is 2.13. The number of rotatable bonds is 3. The van der Waals surface area contributed by atoms with Gasteiger partial charge < -0.3 is 4.74 Å². The van der Waals surface area contributed by atoms with Crippen molar-refractivity contribution < 1.29 is 9.84 Å². The van der Waals surface area contributed by atoms with Crippen LogP contribution in [0.15, 0.2) is 12.2 Å². The zero-order valence-corrected chi connectivity index (χ0v) is 6.08. The van der Waals surface area contributed by atoms with Crippen molar-refractivity contribution in [3.63, 3.8) is 0 Å². The van der Waals surface area contributed by atoms with E-state index in [9.17, 15) is 5.11 Å². The summed E-state index contributed by atoms with van der Waals surface area (Å²) in [4.78, 5) is 0. The molecule has 2 heteroatoms. The third-order valence-corrected chi connectivity index (χ3v) is 1.63. The molecule has 0 aromatic rings. The highest BCUT2D eigenvalue weighted by Gasteiger charge is 2.06. The molecule has 0 aromatic heterocycles. The quantitative estimate of drug-likeness (QED) is 0.548. The predicted octanol–water partition coefficient (Wildman–Crippen LogP) is 1.54. The third-order valence-electron chi connectivity index (χ3n) is 1.63. The van der Waals surface area contributed by atoms with E-state index in [0.717, 1.165) is 12.8 Å². The molecule has 1 aliphatic carbocycles. The number of hydrogen-bond acceptors (Lipinski definition) is 1. The summed E-state index contributed by atoms with van der Waals surface area (Å²) in [7, 11) is 0. The van der Waals surface area contributed by atoms with Crippen LogP contribution in [0.25, 0.3) is 0 Å². The molecule has 0 saturated carbocycles. The van der Waals surface area contributed by atoms with Crippen LogP contribution in [-0.2, 0) is 9.84 Å². The van der Waals surface area contributed by atoms with Gasteiger partial charge in [-0.1, -0.05) is 12.2 Å². The molecule has 1 unspecified atom stereocenters. The summed E-state index contributed by atoms with van der Waals surface area (Å²) in [5, 5.41) is 10.0. The summed E-state index contributed by atoms with van der Waals surface area (Å²) in [6, 6.07) is 0. The molecular weight excluding hydrogens is 128 g/mol. The topological polar surface area (TPSA) is 29.1 Å². The van der Waals surface area contributed by atoms with Gasteiger partial charge in [-0.05, 0) is 19.3 Å². The van der Waals surface area contributed by atoms with Gasteiger partial charge in [-0.15, -0.1) is 0 Å². The van der Waals surface area contributed by atoms with Crippen LogP contribution in [0.2, 0.25) is 0 Å². The van der Waals surface area contributed by atoms with Crippen molar-refractivity contribution in [3.8, 4) is 0 Å². The first-order valence-corrected chi connectivity index (χ1v) is 3.80. The van der Waals surface area contributed by atoms with Crippen LogP contribution in [0.4, 0.5) is 0 Å². The van der Waals surface area contributed by atoms with Crippen molar-refractivity contribution in [2.24, 2.45) is 0 Å². The highest BCUT2D eigenvalue weighted by molar-refractivity contribution is 4.93. The van der Waals surface area contributed by atoms with Gasteiger partial charge in [0.05, 0.1) is 12.7 Å². The monoisotopic (exact) mass is 141 g/mol. The molecular formula is C8H13O2. The normalized spacial score (nSPS) is 25.1. The van der Waals surface area contributed by atoms with Gasteiger partial charge in [-0.3, -0.25) is 0 Å². The van der Waals surface area contributed by atoms with E-state index in [0.29, 0.717) is 6.61 Å². The summed E-state index contributed by atoms with van der Waals surface area (Å²) < 4.78 is 5.23. The molecule has 1 aliphatic rings. The SMILES string of the molecule is [O]CCOC1C=CCCC1. The van der Waals surface area contributed by atoms with Gasteiger partial charge in [0.1, 0.15) is 6.61 Å². The van der Waals surface area contributed by atoms with Crippen LogP contribution >= 0.6 is 0 Å². The minimum atomic E-state index is -0.121. The number of ether oxygens (including phenoxy) is 1. The maximum atomic E-state index is 10.0. The van der Waals surface area contributed by atoms with Crippen LogP contribution < -0.4 is 0 Å². The fraction of sp³-hybridized carbons (Fsp3) is 0.750. The van der Waals surface area contributed by atoms with E-state index in [2.05, 4.69) is 12.2 Å². The maximum absolute atomic E-state index is 10.0. The van der Waals surface area contributed by atoms with E-state index >= 15 is 0 Å². The molecule has 0 saturated heterocycles. The zero-order chi connectivity index (χ0) is 7.23. The molecule has 0 N–H and O–H groups in total. The molecule has 10 heavy (non-hydrogen) atoms. The lowest BCUT2D eigenvalue weighted by molar-refractivity contribution is 0.0279. The highest BCUT2D eigenvalue weighted by Crippen LogP contribution is 2.12. The summed E-state index contributed by atoms with van der Waals surface area (Å²) in [5.74, 6) is 0. The van der Waals surface area contributed by atoms with E-state index in [1.807, 2.05) is 0 Å². The Bertz CT molecular complexity index is 110. The summed E-state index contributed by atoms with van der Waals surface area (Å²) in [6.07, 6.45) is 7.84. The number of allylic oxidation sites excluding steroid dienone is 1. The van der Waals surface area contributed by atoms with E-state index in [1.165, 1.54) is 6.42 Å². The van der Waals surface area contributed by atoms with E-state index in [4.69, 9.17) is 4.74 Å². The molecule has 1 atom stereocenters. The van der Waals surface area contributed by atoms with Crippen LogP contribution in [-0.4, -0.2) is 19.3 Å². The Hall–Kier alpha value is -0.340. The van der Waals surface area contributed by atoms with Crippen LogP contribution in [0.3, 0.4) is 0 Å². The first-order chi connectivity index (χ1) is 4.93. The molecule has 0 amide bonds. The molecule has 1 rings (SSSR count). The van der Waals surface area contributed by atoms with Gasteiger partial charge in [0.25, 0.3) is 0 Å². The summed E-state index contributed by atoms with van der Waals surface area (Å²) in [5.41, 5.74) is 0. The van der Waals surface area contributed by atoms with Crippen molar-refractivity contribution in [2.45, 2.75) is 25.4 Å². The molecule has 0 aliphatic heterocycles. The van der Waals surface area contributed by atoms with Crippen molar-refractivity contribution in [1.29, 1.82) is 0 Å².